The van der Waals surface area contributed by atoms with Crippen LogP contribution in [0.2, 0.25) is 0 Å². The van der Waals surface area contributed by atoms with E-state index in [0.717, 1.165) is 24.0 Å². The molecule has 2 heterocycles. The van der Waals surface area contributed by atoms with Crippen LogP contribution in [0.3, 0.4) is 0 Å². The fourth-order valence-electron chi connectivity index (χ4n) is 4.14. The molecule has 0 atom stereocenters. The number of halogens is 1. The third kappa shape index (κ3) is 6.93. The molecule has 1 aliphatic carbocycles. The van der Waals surface area contributed by atoms with E-state index in [9.17, 15) is 14.0 Å². The van der Waals surface area contributed by atoms with Crippen LogP contribution < -0.4 is 20.7 Å². The number of aryl methyl sites for hydroxylation is 1. The Morgan fingerprint density at radius 3 is 2.62 bits per heavy atom. The van der Waals surface area contributed by atoms with E-state index in [-0.39, 0.29) is 30.2 Å². The van der Waals surface area contributed by atoms with Crippen molar-refractivity contribution in [2.24, 2.45) is 0 Å². The number of fused-ring (bicyclic) bond motifs is 1. The van der Waals surface area contributed by atoms with E-state index in [4.69, 9.17) is 4.74 Å². The Morgan fingerprint density at radius 1 is 1.12 bits per heavy atom. The third-order valence-corrected chi connectivity index (χ3v) is 6.18. The Morgan fingerprint density at radius 2 is 1.93 bits per heavy atom. The summed E-state index contributed by atoms with van der Waals surface area (Å²) in [6.07, 6.45) is 4.02. The molecule has 0 unspecified atom stereocenters. The van der Waals surface area contributed by atoms with Gasteiger partial charge in [0.05, 0.1) is 17.6 Å². The highest BCUT2D eigenvalue weighted by Gasteiger charge is 2.24. The summed E-state index contributed by atoms with van der Waals surface area (Å²) in [6, 6.07) is 13.4. The second-order valence-electron chi connectivity index (χ2n) is 9.24. The molecular formula is C30H35FN6O3. The van der Waals surface area contributed by atoms with Gasteiger partial charge in [-0.1, -0.05) is 26.0 Å². The van der Waals surface area contributed by atoms with Gasteiger partial charge in [0.15, 0.2) is 5.65 Å². The lowest BCUT2D eigenvalue weighted by atomic mass is 10.0. The normalized spacial score (nSPS) is 12.3. The number of nitrogens with one attached hydrogen (secondary N) is 3. The Labute approximate surface area is 233 Å². The predicted molar refractivity (Wildman–Crippen MR) is 153 cm³/mol. The van der Waals surface area contributed by atoms with Crippen molar-refractivity contribution in [1.29, 1.82) is 0 Å². The molecule has 0 aliphatic heterocycles. The fourth-order valence-corrected chi connectivity index (χ4v) is 4.14. The van der Waals surface area contributed by atoms with E-state index in [2.05, 4.69) is 26.0 Å². The number of nitrogens with zero attached hydrogens (tertiary/aromatic N) is 3. The zero-order valence-electron chi connectivity index (χ0n) is 23.3. The maximum atomic E-state index is 13.7. The standard InChI is InChI=1S/C28H29FN6O3.C2H6/c1-3-30-25(36)11-12-31-23-15-26(38-21-6-4-5-19(29)14-21)34-35-24(16-32-27(23)35)18-7-10-22(17(2)13-18)28(37)33-20-8-9-20;1-2/h4-7,10,13-16,20,31H,3,8-9,11-12H2,1-2H3,(H,30,36)(H,33,37);1-2H3. The van der Waals surface area contributed by atoms with Gasteiger partial charge in [-0.2, -0.15) is 0 Å². The third-order valence-electron chi connectivity index (χ3n) is 6.18. The molecule has 1 aliphatic rings. The smallest absolute Gasteiger partial charge is 0.251 e. The van der Waals surface area contributed by atoms with Gasteiger partial charge in [-0.05, 0) is 56.5 Å². The van der Waals surface area contributed by atoms with Gasteiger partial charge in [-0.15, -0.1) is 5.10 Å². The van der Waals surface area contributed by atoms with Crippen molar-refractivity contribution >= 4 is 23.1 Å². The molecule has 0 radical (unpaired) electrons. The second kappa shape index (κ2) is 13.1. The van der Waals surface area contributed by atoms with E-state index < -0.39 is 5.82 Å². The van der Waals surface area contributed by atoms with Crippen molar-refractivity contribution in [3.8, 4) is 22.9 Å². The van der Waals surface area contributed by atoms with Crippen LogP contribution in [0, 0.1) is 12.7 Å². The second-order valence-corrected chi connectivity index (χ2v) is 9.24. The van der Waals surface area contributed by atoms with Crippen LogP contribution in [0.1, 0.15) is 56.0 Å². The molecule has 2 amide bonds. The minimum absolute atomic E-state index is 0.0633. The quantitative estimate of drug-likeness (QED) is 0.243. The summed E-state index contributed by atoms with van der Waals surface area (Å²) < 4.78 is 21.3. The van der Waals surface area contributed by atoms with Crippen molar-refractivity contribution in [3.63, 3.8) is 0 Å². The number of rotatable bonds is 10. The van der Waals surface area contributed by atoms with Gasteiger partial charge < -0.3 is 20.7 Å². The van der Waals surface area contributed by atoms with Gasteiger partial charge in [0, 0.05) is 48.8 Å². The van der Waals surface area contributed by atoms with E-state index in [1.165, 1.54) is 12.1 Å². The molecule has 4 aromatic rings. The van der Waals surface area contributed by atoms with Crippen LogP contribution >= 0.6 is 0 Å². The highest BCUT2D eigenvalue weighted by Crippen LogP contribution is 2.30. The lowest BCUT2D eigenvalue weighted by Gasteiger charge is -2.12. The molecule has 40 heavy (non-hydrogen) atoms. The molecule has 0 spiro atoms. The Bertz CT molecular complexity index is 1500. The SMILES string of the molecule is CC.CCNC(=O)CCNc1cc(Oc2cccc(F)c2)nn2c(-c3ccc(C(=O)NC4CC4)c(C)c3)cnc12. The summed E-state index contributed by atoms with van der Waals surface area (Å²) in [5.74, 6) is -0.0361. The molecule has 0 bridgehead atoms. The number of carbonyl (C=O) groups excluding carboxylic acids is 2. The zero-order chi connectivity index (χ0) is 28.6. The topological polar surface area (TPSA) is 110 Å². The van der Waals surface area contributed by atoms with E-state index >= 15 is 0 Å². The first-order valence-corrected chi connectivity index (χ1v) is 13.7. The van der Waals surface area contributed by atoms with Gasteiger partial charge in [0.25, 0.3) is 5.91 Å². The van der Waals surface area contributed by atoms with Gasteiger partial charge in [0.2, 0.25) is 11.8 Å². The monoisotopic (exact) mass is 546 g/mol. The molecule has 210 valence electrons. The number of hydrogen-bond donors (Lipinski definition) is 3. The van der Waals surface area contributed by atoms with Gasteiger partial charge >= 0.3 is 0 Å². The maximum absolute atomic E-state index is 13.7. The number of imidazole rings is 1. The number of aromatic nitrogens is 3. The predicted octanol–water partition coefficient (Wildman–Crippen LogP) is 5.49. The van der Waals surface area contributed by atoms with Crippen molar-refractivity contribution in [3.05, 3.63) is 71.7 Å². The molecule has 9 nitrogen and oxygen atoms in total. The first kappa shape index (κ1) is 28.5. The zero-order valence-corrected chi connectivity index (χ0v) is 23.3. The largest absolute Gasteiger partial charge is 0.437 e. The molecular weight excluding hydrogens is 511 g/mol. The minimum atomic E-state index is -0.423. The van der Waals surface area contributed by atoms with Crippen LogP contribution in [0.15, 0.2) is 54.7 Å². The van der Waals surface area contributed by atoms with E-state index in [1.807, 2.05) is 39.8 Å². The molecule has 0 saturated heterocycles. The molecule has 2 aromatic heterocycles. The summed E-state index contributed by atoms with van der Waals surface area (Å²) in [4.78, 5) is 29.1. The van der Waals surface area contributed by atoms with Crippen LogP contribution in [0.5, 0.6) is 11.6 Å². The summed E-state index contributed by atoms with van der Waals surface area (Å²) in [7, 11) is 0. The molecule has 1 saturated carbocycles. The van der Waals surface area contributed by atoms with Crippen molar-refractivity contribution < 1.29 is 18.7 Å². The first-order chi connectivity index (χ1) is 19.4. The van der Waals surface area contributed by atoms with Crippen molar-refractivity contribution in [1.82, 2.24) is 25.2 Å². The average Bonchev–Trinajstić information content (AvgIpc) is 3.65. The van der Waals surface area contributed by atoms with Crippen molar-refractivity contribution in [2.45, 2.75) is 53.0 Å². The first-order valence-electron chi connectivity index (χ1n) is 13.7. The lowest BCUT2D eigenvalue weighted by molar-refractivity contribution is -0.120. The van der Waals surface area contributed by atoms with Gasteiger partial charge in [-0.25, -0.2) is 13.9 Å². The number of benzene rings is 2. The molecule has 10 heteroatoms. The minimum Gasteiger partial charge on any atom is -0.437 e. The van der Waals surface area contributed by atoms with Gasteiger partial charge in [0.1, 0.15) is 11.6 Å². The van der Waals surface area contributed by atoms with E-state index in [1.54, 1.807) is 35.0 Å². The Balaban J connectivity index is 0.00000181. The van der Waals surface area contributed by atoms with Crippen LogP contribution in [-0.4, -0.2) is 45.5 Å². The highest BCUT2D eigenvalue weighted by atomic mass is 19.1. The highest BCUT2D eigenvalue weighted by molar-refractivity contribution is 5.96. The van der Waals surface area contributed by atoms with E-state index in [0.29, 0.717) is 41.4 Å². The lowest BCUT2D eigenvalue weighted by Crippen LogP contribution is -2.26. The molecule has 5 rings (SSSR count). The molecule has 1 fully saturated rings. The van der Waals surface area contributed by atoms with Crippen LogP contribution in [-0.2, 0) is 4.79 Å². The molecule has 2 aromatic carbocycles. The van der Waals surface area contributed by atoms with Crippen molar-refractivity contribution in [2.75, 3.05) is 18.4 Å². The Kier molecular flexibility index (Phi) is 9.31. The maximum Gasteiger partial charge on any atom is 0.251 e. The summed E-state index contributed by atoms with van der Waals surface area (Å²) in [5.41, 5.74) is 4.12. The van der Waals surface area contributed by atoms with Crippen LogP contribution in [0.4, 0.5) is 10.1 Å². The number of hydrogen-bond acceptors (Lipinski definition) is 6. The number of carbonyl (C=O) groups is 2. The fraction of sp³-hybridized carbons (Fsp3) is 0.333. The van der Waals surface area contributed by atoms with Gasteiger partial charge in [-0.3, -0.25) is 9.59 Å². The number of ether oxygens (including phenoxy) is 1. The number of anilines is 1. The summed E-state index contributed by atoms with van der Waals surface area (Å²) in [5, 5.41) is 13.7. The summed E-state index contributed by atoms with van der Waals surface area (Å²) in [6.45, 7) is 8.70. The van der Waals surface area contributed by atoms with Crippen LogP contribution in [0.25, 0.3) is 16.9 Å². The molecule has 3 N–H and O–H groups in total. The summed E-state index contributed by atoms with van der Waals surface area (Å²) >= 11 is 0. The number of amides is 2. The average molecular weight is 547 g/mol. The Hall–Kier alpha value is -4.47.